The monoisotopic (exact) mass is 442 g/mol. The minimum atomic E-state index is -1.03. The molecule has 0 fully saturated rings. The van der Waals surface area contributed by atoms with Crippen LogP contribution in [0.3, 0.4) is 0 Å². The standard InChI is InChI=1S/C23H26N2O7/c1-14(23(28)25-18-9-7-17(8-10-18)24-15(2)26)32-21(27)11-6-16-12-19(29-3)22(31-5)20(13-16)30-4/h6-14H,1-5H3,(H,24,26)(H,25,28)/b11-6+/t14-/m0/s1. The summed E-state index contributed by atoms with van der Waals surface area (Å²) in [5.41, 5.74) is 1.72. The van der Waals surface area contributed by atoms with Crippen LogP contribution in [0.15, 0.2) is 42.5 Å². The average molecular weight is 442 g/mol. The predicted molar refractivity (Wildman–Crippen MR) is 120 cm³/mol. The summed E-state index contributed by atoms with van der Waals surface area (Å²) < 4.78 is 21.0. The van der Waals surface area contributed by atoms with Crippen molar-refractivity contribution in [2.75, 3.05) is 32.0 Å². The Labute approximate surface area is 186 Å². The van der Waals surface area contributed by atoms with Gasteiger partial charge in [0, 0.05) is 24.4 Å². The summed E-state index contributed by atoms with van der Waals surface area (Å²) >= 11 is 0. The molecule has 0 saturated heterocycles. The van der Waals surface area contributed by atoms with Crippen LogP contribution < -0.4 is 24.8 Å². The van der Waals surface area contributed by atoms with Gasteiger partial charge in [0.25, 0.3) is 5.91 Å². The van der Waals surface area contributed by atoms with Gasteiger partial charge in [-0.2, -0.15) is 0 Å². The van der Waals surface area contributed by atoms with E-state index in [0.29, 0.717) is 34.2 Å². The molecule has 2 amide bonds. The molecule has 32 heavy (non-hydrogen) atoms. The van der Waals surface area contributed by atoms with E-state index in [-0.39, 0.29) is 5.91 Å². The van der Waals surface area contributed by atoms with E-state index in [2.05, 4.69) is 10.6 Å². The minimum absolute atomic E-state index is 0.193. The van der Waals surface area contributed by atoms with Crippen molar-refractivity contribution in [1.29, 1.82) is 0 Å². The number of hydrogen-bond acceptors (Lipinski definition) is 7. The van der Waals surface area contributed by atoms with Gasteiger partial charge in [-0.15, -0.1) is 0 Å². The number of rotatable bonds is 9. The second-order valence-electron chi connectivity index (χ2n) is 6.62. The first-order valence-corrected chi connectivity index (χ1v) is 9.64. The molecule has 2 aromatic rings. The highest BCUT2D eigenvalue weighted by Crippen LogP contribution is 2.38. The third-order valence-electron chi connectivity index (χ3n) is 4.23. The number of hydrogen-bond donors (Lipinski definition) is 2. The highest BCUT2D eigenvalue weighted by Gasteiger charge is 2.17. The molecule has 0 bridgehead atoms. The molecule has 0 aliphatic heterocycles. The molecule has 9 nitrogen and oxygen atoms in total. The molecule has 0 spiro atoms. The van der Waals surface area contributed by atoms with Crippen molar-refractivity contribution >= 4 is 35.2 Å². The Hall–Kier alpha value is -4.01. The maximum Gasteiger partial charge on any atom is 0.331 e. The predicted octanol–water partition coefficient (Wildman–Crippen LogP) is 3.25. The van der Waals surface area contributed by atoms with Gasteiger partial charge in [0.1, 0.15) is 0 Å². The topological polar surface area (TPSA) is 112 Å². The van der Waals surface area contributed by atoms with Crippen LogP contribution in [-0.2, 0) is 19.1 Å². The van der Waals surface area contributed by atoms with Crippen LogP contribution in [0.5, 0.6) is 17.2 Å². The first-order valence-electron chi connectivity index (χ1n) is 9.64. The van der Waals surface area contributed by atoms with Gasteiger partial charge >= 0.3 is 5.97 Å². The maximum atomic E-state index is 12.3. The Morgan fingerprint density at radius 2 is 1.41 bits per heavy atom. The lowest BCUT2D eigenvalue weighted by Gasteiger charge is -2.13. The Morgan fingerprint density at radius 1 is 0.875 bits per heavy atom. The van der Waals surface area contributed by atoms with Crippen molar-refractivity contribution in [3.05, 3.63) is 48.0 Å². The quantitative estimate of drug-likeness (QED) is 0.453. The van der Waals surface area contributed by atoms with Gasteiger partial charge in [-0.3, -0.25) is 9.59 Å². The molecule has 0 aromatic heterocycles. The molecule has 2 rings (SSSR count). The van der Waals surface area contributed by atoms with Gasteiger partial charge in [0.15, 0.2) is 17.6 Å². The summed E-state index contributed by atoms with van der Waals surface area (Å²) in [5, 5.41) is 5.28. The lowest BCUT2D eigenvalue weighted by atomic mass is 10.1. The molecule has 0 aliphatic carbocycles. The second kappa shape index (κ2) is 11.4. The third-order valence-corrected chi connectivity index (χ3v) is 4.23. The molecule has 0 radical (unpaired) electrons. The number of methoxy groups -OCH3 is 3. The maximum absolute atomic E-state index is 12.3. The van der Waals surface area contributed by atoms with Crippen molar-refractivity contribution < 1.29 is 33.3 Å². The summed E-state index contributed by atoms with van der Waals surface area (Å²) in [4.78, 5) is 35.5. The fourth-order valence-electron chi connectivity index (χ4n) is 2.71. The normalized spacial score (nSPS) is 11.4. The molecule has 170 valence electrons. The molecular formula is C23H26N2O7. The smallest absolute Gasteiger partial charge is 0.331 e. The van der Waals surface area contributed by atoms with Crippen LogP contribution in [0.25, 0.3) is 6.08 Å². The van der Waals surface area contributed by atoms with E-state index in [9.17, 15) is 14.4 Å². The van der Waals surface area contributed by atoms with Gasteiger partial charge < -0.3 is 29.6 Å². The molecule has 0 aliphatic rings. The molecular weight excluding hydrogens is 416 g/mol. The average Bonchev–Trinajstić information content (AvgIpc) is 2.77. The zero-order valence-electron chi connectivity index (χ0n) is 18.6. The van der Waals surface area contributed by atoms with Gasteiger partial charge in [-0.25, -0.2) is 4.79 Å². The second-order valence-corrected chi connectivity index (χ2v) is 6.62. The van der Waals surface area contributed by atoms with Gasteiger partial charge in [0.05, 0.1) is 21.3 Å². The molecule has 2 aromatic carbocycles. The van der Waals surface area contributed by atoms with Gasteiger partial charge in [-0.05, 0) is 55.0 Å². The van der Waals surface area contributed by atoms with Crippen LogP contribution in [-0.4, -0.2) is 45.2 Å². The summed E-state index contributed by atoms with van der Waals surface area (Å²) in [5.74, 6) is -0.0597. The fourth-order valence-corrected chi connectivity index (χ4v) is 2.71. The first-order chi connectivity index (χ1) is 15.3. The minimum Gasteiger partial charge on any atom is -0.493 e. The molecule has 0 unspecified atom stereocenters. The Balaban J connectivity index is 1.98. The van der Waals surface area contributed by atoms with E-state index < -0.39 is 18.0 Å². The van der Waals surface area contributed by atoms with Crippen LogP contribution >= 0.6 is 0 Å². The SMILES string of the molecule is COc1cc(/C=C/C(=O)O[C@@H](C)C(=O)Nc2ccc(NC(C)=O)cc2)cc(OC)c1OC. The molecule has 0 heterocycles. The number of carbonyl (C=O) groups is 3. The number of anilines is 2. The summed E-state index contributed by atoms with van der Waals surface area (Å²) in [6.45, 7) is 2.87. The summed E-state index contributed by atoms with van der Waals surface area (Å²) in [6, 6.07) is 9.89. The van der Waals surface area contributed by atoms with Crippen LogP contribution in [0, 0.1) is 0 Å². The van der Waals surface area contributed by atoms with E-state index in [1.165, 1.54) is 47.3 Å². The van der Waals surface area contributed by atoms with Crippen molar-refractivity contribution in [2.45, 2.75) is 20.0 Å². The lowest BCUT2D eigenvalue weighted by molar-refractivity contribution is -0.148. The zero-order chi connectivity index (χ0) is 23.7. The largest absolute Gasteiger partial charge is 0.493 e. The number of benzene rings is 2. The summed E-state index contributed by atoms with van der Waals surface area (Å²) in [6.07, 6.45) is 1.69. The molecule has 1 atom stereocenters. The number of esters is 1. The first kappa shape index (κ1) is 24.3. The fraction of sp³-hybridized carbons (Fsp3) is 0.261. The van der Waals surface area contributed by atoms with E-state index in [1.54, 1.807) is 36.4 Å². The van der Waals surface area contributed by atoms with Crippen molar-refractivity contribution in [3.63, 3.8) is 0 Å². The van der Waals surface area contributed by atoms with E-state index in [1.807, 2.05) is 0 Å². The molecule has 0 saturated carbocycles. The van der Waals surface area contributed by atoms with Gasteiger partial charge in [-0.1, -0.05) is 0 Å². The Kier molecular flexibility index (Phi) is 8.64. The van der Waals surface area contributed by atoms with Crippen molar-refractivity contribution in [1.82, 2.24) is 0 Å². The number of ether oxygens (including phenoxy) is 4. The highest BCUT2D eigenvalue weighted by molar-refractivity contribution is 5.97. The highest BCUT2D eigenvalue weighted by atomic mass is 16.5. The summed E-state index contributed by atoms with van der Waals surface area (Å²) in [7, 11) is 4.48. The van der Waals surface area contributed by atoms with E-state index in [4.69, 9.17) is 18.9 Å². The van der Waals surface area contributed by atoms with Crippen LogP contribution in [0.1, 0.15) is 19.4 Å². The number of amides is 2. The van der Waals surface area contributed by atoms with Crippen LogP contribution in [0.2, 0.25) is 0 Å². The van der Waals surface area contributed by atoms with E-state index >= 15 is 0 Å². The van der Waals surface area contributed by atoms with Gasteiger partial charge in [0.2, 0.25) is 11.7 Å². The number of carbonyl (C=O) groups excluding carboxylic acids is 3. The molecule has 9 heteroatoms. The third kappa shape index (κ3) is 6.76. The number of nitrogens with one attached hydrogen (secondary N) is 2. The van der Waals surface area contributed by atoms with Crippen molar-refractivity contribution in [2.24, 2.45) is 0 Å². The molecule has 2 N–H and O–H groups in total. The lowest BCUT2D eigenvalue weighted by Crippen LogP contribution is -2.29. The Bertz CT molecular complexity index is 975. The van der Waals surface area contributed by atoms with Crippen molar-refractivity contribution in [3.8, 4) is 17.2 Å². The Morgan fingerprint density at radius 3 is 1.88 bits per heavy atom. The zero-order valence-corrected chi connectivity index (χ0v) is 18.6. The van der Waals surface area contributed by atoms with Crippen LogP contribution in [0.4, 0.5) is 11.4 Å². The van der Waals surface area contributed by atoms with E-state index in [0.717, 1.165) is 0 Å².